The number of guanidine groups is 1. The van der Waals surface area contributed by atoms with Gasteiger partial charge in [0.05, 0.1) is 11.4 Å². The fraction of sp³-hybridized carbons (Fsp3) is 0.409. The molecule has 0 aromatic heterocycles. The molecule has 0 unspecified atom stereocenters. The Labute approximate surface area is 207 Å². The Morgan fingerprint density at radius 3 is 2.25 bits per heavy atom. The number of nitrogens with one attached hydrogen (secondary N) is 1. The first-order chi connectivity index (χ1) is 14.5. The zero-order valence-electron chi connectivity index (χ0n) is 18.6. The van der Waals surface area contributed by atoms with Gasteiger partial charge in [-0.2, -0.15) is 0 Å². The molecule has 3 rings (SSSR count). The molecule has 0 spiro atoms. The van der Waals surface area contributed by atoms with Gasteiger partial charge in [0.15, 0.2) is 5.96 Å². The van der Waals surface area contributed by atoms with Crippen LogP contribution in [0.3, 0.4) is 0 Å². The van der Waals surface area contributed by atoms with Crippen molar-refractivity contribution >= 4 is 45.6 Å². The summed E-state index contributed by atoms with van der Waals surface area (Å²) in [4.78, 5) is 8.82. The van der Waals surface area contributed by atoms with E-state index in [9.17, 15) is 12.8 Å². The molecule has 10 heteroatoms. The SMILES string of the molecule is CC(C)(C)NS(=O)(=O)c1ccccc1CN=C(N)N1CCN(c2ccc(F)cc2)CC1.I. The van der Waals surface area contributed by atoms with Crippen molar-refractivity contribution in [1.29, 1.82) is 0 Å². The monoisotopic (exact) mass is 575 g/mol. The van der Waals surface area contributed by atoms with Gasteiger partial charge in [-0.15, -0.1) is 24.0 Å². The Morgan fingerprint density at radius 2 is 1.66 bits per heavy atom. The molecule has 3 N–H and O–H groups in total. The Balaban J connectivity index is 0.00000363. The average Bonchev–Trinajstić information content (AvgIpc) is 2.71. The quantitative estimate of drug-likeness (QED) is 0.325. The van der Waals surface area contributed by atoms with Crippen LogP contribution < -0.4 is 15.4 Å². The minimum absolute atomic E-state index is 0. The molecule has 1 aliphatic heterocycles. The molecule has 0 bridgehead atoms. The van der Waals surface area contributed by atoms with Gasteiger partial charge in [-0.05, 0) is 56.7 Å². The minimum Gasteiger partial charge on any atom is -0.370 e. The minimum atomic E-state index is -3.67. The van der Waals surface area contributed by atoms with Crippen LogP contribution in [0.15, 0.2) is 58.4 Å². The lowest BCUT2D eigenvalue weighted by atomic mass is 10.1. The Kier molecular flexibility index (Phi) is 8.89. The largest absolute Gasteiger partial charge is 0.370 e. The molecule has 0 aliphatic carbocycles. The molecular weight excluding hydrogens is 544 g/mol. The van der Waals surface area contributed by atoms with Crippen molar-refractivity contribution < 1.29 is 12.8 Å². The van der Waals surface area contributed by atoms with Crippen LogP contribution in [-0.4, -0.2) is 51.0 Å². The van der Waals surface area contributed by atoms with E-state index in [0.717, 1.165) is 18.8 Å². The smallest absolute Gasteiger partial charge is 0.241 e. The summed E-state index contributed by atoms with van der Waals surface area (Å²) in [6.45, 7) is 8.41. The number of benzene rings is 2. The van der Waals surface area contributed by atoms with E-state index in [1.54, 1.807) is 57.2 Å². The van der Waals surface area contributed by atoms with E-state index in [2.05, 4.69) is 14.6 Å². The van der Waals surface area contributed by atoms with Crippen molar-refractivity contribution in [2.75, 3.05) is 31.1 Å². The number of rotatable bonds is 5. The summed E-state index contributed by atoms with van der Waals surface area (Å²) in [6, 6.07) is 13.3. The lowest BCUT2D eigenvalue weighted by molar-refractivity contribution is 0.380. The highest BCUT2D eigenvalue weighted by Gasteiger charge is 2.24. The maximum absolute atomic E-state index is 13.1. The summed E-state index contributed by atoms with van der Waals surface area (Å²) >= 11 is 0. The Hall–Kier alpha value is -1.92. The number of hydrogen-bond acceptors (Lipinski definition) is 4. The predicted molar refractivity (Wildman–Crippen MR) is 137 cm³/mol. The summed E-state index contributed by atoms with van der Waals surface area (Å²) in [6.07, 6.45) is 0. The second-order valence-electron chi connectivity index (χ2n) is 8.59. The number of halogens is 2. The number of hydrogen-bond donors (Lipinski definition) is 2. The molecular formula is C22H31FIN5O2S. The first kappa shape index (κ1) is 26.3. The third kappa shape index (κ3) is 7.04. The highest BCUT2D eigenvalue weighted by Crippen LogP contribution is 2.19. The highest BCUT2D eigenvalue weighted by atomic mass is 127. The van der Waals surface area contributed by atoms with Crippen LogP contribution in [0.1, 0.15) is 26.3 Å². The topological polar surface area (TPSA) is 91.0 Å². The molecule has 0 atom stereocenters. The van der Waals surface area contributed by atoms with Crippen molar-refractivity contribution in [3.8, 4) is 0 Å². The lowest BCUT2D eigenvalue weighted by Gasteiger charge is -2.36. The van der Waals surface area contributed by atoms with Gasteiger partial charge >= 0.3 is 0 Å². The fourth-order valence-corrected chi connectivity index (χ4v) is 5.12. The summed E-state index contributed by atoms with van der Waals surface area (Å²) < 4.78 is 41.4. The summed E-state index contributed by atoms with van der Waals surface area (Å²) in [5, 5.41) is 0. The maximum Gasteiger partial charge on any atom is 0.241 e. The normalized spacial score (nSPS) is 15.4. The van der Waals surface area contributed by atoms with Gasteiger partial charge < -0.3 is 15.5 Å². The van der Waals surface area contributed by atoms with E-state index in [0.29, 0.717) is 24.6 Å². The molecule has 0 saturated carbocycles. The van der Waals surface area contributed by atoms with Crippen LogP contribution in [0.5, 0.6) is 0 Å². The third-order valence-electron chi connectivity index (χ3n) is 4.91. The van der Waals surface area contributed by atoms with Gasteiger partial charge in [0.2, 0.25) is 10.0 Å². The van der Waals surface area contributed by atoms with E-state index < -0.39 is 15.6 Å². The van der Waals surface area contributed by atoms with Crippen LogP contribution in [-0.2, 0) is 16.6 Å². The third-order valence-corrected chi connectivity index (χ3v) is 6.77. The number of anilines is 1. The van der Waals surface area contributed by atoms with Gasteiger partial charge in [0, 0.05) is 37.4 Å². The number of aliphatic imine (C=N–C) groups is 1. The van der Waals surface area contributed by atoms with Gasteiger partial charge in [-0.25, -0.2) is 22.5 Å². The van der Waals surface area contributed by atoms with Crippen molar-refractivity contribution in [2.45, 2.75) is 37.8 Å². The van der Waals surface area contributed by atoms with Crippen LogP contribution in [0.25, 0.3) is 0 Å². The molecule has 1 fully saturated rings. The summed E-state index contributed by atoms with van der Waals surface area (Å²) in [5.74, 6) is 0.133. The lowest BCUT2D eigenvalue weighted by Crippen LogP contribution is -2.51. The highest BCUT2D eigenvalue weighted by molar-refractivity contribution is 14.0. The van der Waals surface area contributed by atoms with Crippen LogP contribution >= 0.6 is 24.0 Å². The molecule has 32 heavy (non-hydrogen) atoms. The molecule has 2 aromatic rings. The zero-order valence-corrected chi connectivity index (χ0v) is 21.7. The first-order valence-corrected chi connectivity index (χ1v) is 11.7. The van der Waals surface area contributed by atoms with Crippen molar-refractivity contribution in [3.05, 3.63) is 59.9 Å². The van der Waals surface area contributed by atoms with Gasteiger partial charge in [0.25, 0.3) is 0 Å². The molecule has 1 aliphatic rings. The average molecular weight is 575 g/mol. The molecule has 1 saturated heterocycles. The van der Waals surface area contributed by atoms with Gasteiger partial charge in [-0.1, -0.05) is 18.2 Å². The maximum atomic E-state index is 13.1. The van der Waals surface area contributed by atoms with Crippen LogP contribution in [0.4, 0.5) is 10.1 Å². The molecule has 176 valence electrons. The van der Waals surface area contributed by atoms with Crippen molar-refractivity contribution in [3.63, 3.8) is 0 Å². The summed E-state index contributed by atoms with van der Waals surface area (Å²) in [7, 11) is -3.67. The van der Waals surface area contributed by atoms with Gasteiger partial charge in [0.1, 0.15) is 5.82 Å². The second kappa shape index (κ2) is 10.8. The zero-order chi connectivity index (χ0) is 22.6. The van der Waals surface area contributed by atoms with Gasteiger partial charge in [-0.3, -0.25) is 0 Å². The molecule has 7 nitrogen and oxygen atoms in total. The molecule has 0 amide bonds. The van der Waals surface area contributed by atoms with E-state index in [-0.39, 0.29) is 41.2 Å². The Morgan fingerprint density at radius 1 is 1.06 bits per heavy atom. The summed E-state index contributed by atoms with van der Waals surface area (Å²) in [5.41, 5.74) is 7.18. The number of sulfonamides is 1. The van der Waals surface area contributed by atoms with E-state index in [1.807, 2.05) is 4.90 Å². The molecule has 1 heterocycles. The first-order valence-electron chi connectivity index (χ1n) is 10.2. The molecule has 2 aromatic carbocycles. The number of nitrogens with two attached hydrogens (primary N) is 1. The fourth-order valence-electron chi connectivity index (χ4n) is 3.47. The Bertz CT molecular complexity index is 1030. The van der Waals surface area contributed by atoms with Crippen LogP contribution in [0, 0.1) is 5.82 Å². The van der Waals surface area contributed by atoms with E-state index in [4.69, 9.17) is 5.73 Å². The number of nitrogens with zero attached hydrogens (tertiary/aromatic N) is 3. The number of piperazine rings is 1. The van der Waals surface area contributed by atoms with Crippen molar-refractivity contribution in [1.82, 2.24) is 9.62 Å². The van der Waals surface area contributed by atoms with Crippen molar-refractivity contribution in [2.24, 2.45) is 10.7 Å². The van der Waals surface area contributed by atoms with Crippen LogP contribution in [0.2, 0.25) is 0 Å². The predicted octanol–water partition coefficient (Wildman–Crippen LogP) is 3.16. The standard InChI is InChI=1S/C22H30FN5O2S.HI/c1-22(2,3)26-31(29,30)20-7-5-4-6-17(20)16-25-21(24)28-14-12-27(13-15-28)19-10-8-18(23)9-11-19;/h4-11,26H,12-16H2,1-3H3,(H2,24,25);1H. The second-order valence-corrected chi connectivity index (χ2v) is 10.2. The molecule has 0 radical (unpaired) electrons. The van der Waals surface area contributed by atoms with E-state index >= 15 is 0 Å². The van der Waals surface area contributed by atoms with E-state index in [1.165, 1.54) is 12.1 Å².